The largest absolute Gasteiger partial charge is 0.481 e. The molecule has 1 rings (SSSR count). The van der Waals surface area contributed by atoms with Gasteiger partial charge in [-0.05, 0) is 34.5 Å². The molecule has 2 atom stereocenters. The molecule has 0 aromatic carbocycles. The summed E-state index contributed by atoms with van der Waals surface area (Å²) in [6.45, 7) is 4.97. The number of anilines is 1. The number of nitrogens with one attached hydrogen (secondary N) is 1. The topological polar surface area (TPSA) is 79.3 Å². The minimum Gasteiger partial charge on any atom is -0.481 e. The van der Waals surface area contributed by atoms with Crippen LogP contribution in [0.15, 0.2) is 16.7 Å². The molecule has 18 heavy (non-hydrogen) atoms. The molecule has 2 unspecified atom stereocenters. The average molecular weight is 315 g/mol. The summed E-state index contributed by atoms with van der Waals surface area (Å²) in [6.07, 6.45) is 1.59. The van der Waals surface area contributed by atoms with Gasteiger partial charge in [-0.2, -0.15) is 0 Å². The molecule has 98 valence electrons. The number of pyridine rings is 1. The van der Waals surface area contributed by atoms with Crippen molar-refractivity contribution in [1.29, 1.82) is 0 Å². The van der Waals surface area contributed by atoms with Gasteiger partial charge in [0.2, 0.25) is 5.91 Å². The maximum atomic E-state index is 11.8. The molecule has 1 heterocycles. The van der Waals surface area contributed by atoms with Crippen molar-refractivity contribution in [2.45, 2.75) is 20.8 Å². The molecular formula is C12H15BrN2O3. The Hall–Kier alpha value is -1.43. The van der Waals surface area contributed by atoms with E-state index in [9.17, 15) is 9.59 Å². The van der Waals surface area contributed by atoms with Crippen molar-refractivity contribution in [1.82, 2.24) is 4.98 Å². The van der Waals surface area contributed by atoms with Gasteiger partial charge < -0.3 is 10.4 Å². The molecule has 0 aliphatic carbocycles. The number of hydrogen-bond acceptors (Lipinski definition) is 3. The van der Waals surface area contributed by atoms with E-state index in [2.05, 4.69) is 26.2 Å². The molecule has 0 bridgehead atoms. The van der Waals surface area contributed by atoms with Gasteiger partial charge >= 0.3 is 5.97 Å². The quantitative estimate of drug-likeness (QED) is 0.894. The highest BCUT2D eigenvalue weighted by atomic mass is 79.9. The number of aliphatic carboxylic acids is 1. The minimum atomic E-state index is -0.988. The van der Waals surface area contributed by atoms with Crippen LogP contribution in [-0.4, -0.2) is 22.0 Å². The Morgan fingerprint density at radius 3 is 2.50 bits per heavy atom. The zero-order valence-electron chi connectivity index (χ0n) is 10.4. The van der Waals surface area contributed by atoms with Gasteiger partial charge in [0.15, 0.2) is 0 Å². The van der Waals surface area contributed by atoms with Crippen LogP contribution in [0.5, 0.6) is 0 Å². The van der Waals surface area contributed by atoms with E-state index in [1.807, 2.05) is 6.92 Å². The van der Waals surface area contributed by atoms with E-state index in [1.165, 1.54) is 6.92 Å². The summed E-state index contributed by atoms with van der Waals surface area (Å²) in [5.41, 5.74) is 0.944. The fourth-order valence-corrected chi connectivity index (χ4v) is 1.51. The number of halogens is 1. The van der Waals surface area contributed by atoms with Gasteiger partial charge in [0.05, 0.1) is 5.92 Å². The summed E-state index contributed by atoms with van der Waals surface area (Å²) >= 11 is 3.31. The number of rotatable bonds is 4. The third kappa shape index (κ3) is 3.53. The normalized spacial score (nSPS) is 13.8. The van der Waals surface area contributed by atoms with E-state index in [0.717, 1.165) is 10.0 Å². The minimum absolute atomic E-state index is 0.348. The van der Waals surface area contributed by atoms with Gasteiger partial charge in [-0.1, -0.05) is 13.8 Å². The summed E-state index contributed by atoms with van der Waals surface area (Å²) < 4.78 is 0.854. The van der Waals surface area contributed by atoms with Crippen LogP contribution in [0, 0.1) is 18.8 Å². The van der Waals surface area contributed by atoms with Crippen molar-refractivity contribution in [3.63, 3.8) is 0 Å². The molecule has 6 heteroatoms. The second-order valence-corrected chi connectivity index (χ2v) is 5.08. The van der Waals surface area contributed by atoms with E-state index >= 15 is 0 Å². The lowest BCUT2D eigenvalue weighted by Gasteiger charge is -2.15. The second kappa shape index (κ2) is 5.95. The number of aryl methyl sites for hydroxylation is 1. The van der Waals surface area contributed by atoms with Crippen LogP contribution in [0.3, 0.4) is 0 Å². The Morgan fingerprint density at radius 2 is 2.00 bits per heavy atom. The van der Waals surface area contributed by atoms with Crippen molar-refractivity contribution in [3.8, 4) is 0 Å². The maximum Gasteiger partial charge on any atom is 0.307 e. The third-order valence-corrected chi connectivity index (χ3v) is 3.68. The fraction of sp³-hybridized carbons (Fsp3) is 0.417. The van der Waals surface area contributed by atoms with Crippen LogP contribution < -0.4 is 5.32 Å². The highest BCUT2D eigenvalue weighted by molar-refractivity contribution is 9.10. The van der Waals surface area contributed by atoms with Gasteiger partial charge in [-0.3, -0.25) is 9.59 Å². The van der Waals surface area contributed by atoms with Gasteiger partial charge in [0.1, 0.15) is 5.82 Å². The summed E-state index contributed by atoms with van der Waals surface area (Å²) in [6, 6.07) is 1.72. The molecular weight excluding hydrogens is 300 g/mol. The van der Waals surface area contributed by atoms with Crippen LogP contribution in [0.2, 0.25) is 0 Å². The zero-order valence-corrected chi connectivity index (χ0v) is 12.0. The Morgan fingerprint density at radius 1 is 1.39 bits per heavy atom. The summed E-state index contributed by atoms with van der Waals surface area (Å²) in [5, 5.41) is 11.5. The summed E-state index contributed by atoms with van der Waals surface area (Å²) in [5.74, 6) is -2.27. The molecule has 0 aliphatic heterocycles. The fourth-order valence-electron chi connectivity index (χ4n) is 1.29. The molecule has 0 saturated carbocycles. The van der Waals surface area contributed by atoms with Crippen molar-refractivity contribution in [2.75, 3.05) is 5.32 Å². The molecule has 0 spiro atoms. The molecule has 1 amide bonds. The van der Waals surface area contributed by atoms with Gasteiger partial charge in [-0.15, -0.1) is 0 Å². The Kier molecular flexibility index (Phi) is 4.84. The number of carboxylic acids is 1. The number of carboxylic acid groups (broad SMARTS) is 1. The standard InChI is InChI=1S/C12H15BrN2O3/c1-6-4-10(14-5-9(6)13)15-11(16)7(2)8(3)12(17)18/h4-5,7-8H,1-3H3,(H,17,18)(H,14,15,16). The van der Waals surface area contributed by atoms with Crippen molar-refractivity contribution in [2.24, 2.45) is 11.8 Å². The number of amides is 1. The first kappa shape index (κ1) is 14.6. The smallest absolute Gasteiger partial charge is 0.307 e. The number of nitrogens with zero attached hydrogens (tertiary/aromatic N) is 1. The highest BCUT2D eigenvalue weighted by Gasteiger charge is 2.25. The molecule has 0 fully saturated rings. The zero-order chi connectivity index (χ0) is 13.9. The highest BCUT2D eigenvalue weighted by Crippen LogP contribution is 2.19. The molecule has 1 aromatic heterocycles. The predicted octanol–water partition coefficient (Wildman–Crippen LogP) is 2.45. The van der Waals surface area contributed by atoms with E-state index in [4.69, 9.17) is 5.11 Å². The molecule has 2 N–H and O–H groups in total. The second-order valence-electron chi connectivity index (χ2n) is 4.22. The first-order valence-electron chi connectivity index (χ1n) is 5.48. The van der Waals surface area contributed by atoms with Crippen LogP contribution in [0.25, 0.3) is 0 Å². The number of carbonyl (C=O) groups is 2. The van der Waals surface area contributed by atoms with Crippen molar-refractivity contribution < 1.29 is 14.7 Å². The monoisotopic (exact) mass is 314 g/mol. The van der Waals surface area contributed by atoms with E-state index in [-0.39, 0.29) is 5.91 Å². The van der Waals surface area contributed by atoms with E-state index in [1.54, 1.807) is 19.2 Å². The van der Waals surface area contributed by atoms with E-state index in [0.29, 0.717) is 5.82 Å². The van der Waals surface area contributed by atoms with Crippen molar-refractivity contribution in [3.05, 3.63) is 22.3 Å². The van der Waals surface area contributed by atoms with Gasteiger partial charge in [0.25, 0.3) is 0 Å². The third-order valence-electron chi connectivity index (χ3n) is 2.85. The Balaban J connectivity index is 2.75. The van der Waals surface area contributed by atoms with E-state index < -0.39 is 17.8 Å². The molecule has 1 aromatic rings. The lowest BCUT2D eigenvalue weighted by molar-refractivity contribution is -0.145. The van der Waals surface area contributed by atoms with Gasteiger partial charge in [-0.25, -0.2) is 4.98 Å². The van der Waals surface area contributed by atoms with Gasteiger partial charge in [0, 0.05) is 16.6 Å². The molecule has 0 radical (unpaired) electrons. The van der Waals surface area contributed by atoms with Crippen LogP contribution in [-0.2, 0) is 9.59 Å². The Bertz CT molecular complexity index is 476. The molecule has 0 saturated heterocycles. The summed E-state index contributed by atoms with van der Waals surface area (Å²) in [4.78, 5) is 26.7. The first-order chi connectivity index (χ1) is 8.32. The summed E-state index contributed by atoms with van der Waals surface area (Å²) in [7, 11) is 0. The molecule has 5 nitrogen and oxygen atoms in total. The number of aromatic nitrogens is 1. The van der Waals surface area contributed by atoms with Crippen LogP contribution in [0.1, 0.15) is 19.4 Å². The number of hydrogen-bond donors (Lipinski definition) is 2. The SMILES string of the molecule is Cc1cc(NC(=O)C(C)C(C)C(=O)O)ncc1Br. The average Bonchev–Trinajstić information content (AvgIpc) is 2.31. The molecule has 0 aliphatic rings. The lowest BCUT2D eigenvalue weighted by Crippen LogP contribution is -2.30. The first-order valence-corrected chi connectivity index (χ1v) is 6.28. The predicted molar refractivity (Wildman–Crippen MR) is 71.3 cm³/mol. The number of carbonyl (C=O) groups excluding carboxylic acids is 1. The Labute approximate surface area is 114 Å². The van der Waals surface area contributed by atoms with Crippen LogP contribution >= 0.6 is 15.9 Å². The maximum absolute atomic E-state index is 11.8. The lowest BCUT2D eigenvalue weighted by atomic mass is 9.95. The van der Waals surface area contributed by atoms with Crippen LogP contribution in [0.4, 0.5) is 5.82 Å². The van der Waals surface area contributed by atoms with Crippen molar-refractivity contribution >= 4 is 33.6 Å².